The molecule has 1 aromatic rings. The summed E-state index contributed by atoms with van der Waals surface area (Å²) in [6.07, 6.45) is 1.66. The number of aliphatic imine (C=N–C) groups is 1. The molecule has 0 saturated carbocycles. The van der Waals surface area contributed by atoms with E-state index in [1.54, 1.807) is 6.26 Å². The first-order valence-electron chi connectivity index (χ1n) is 5.28. The summed E-state index contributed by atoms with van der Waals surface area (Å²) in [7, 11) is -0.864. The Balaban J connectivity index is 2.65. The summed E-state index contributed by atoms with van der Waals surface area (Å²) in [4.78, 5) is 4.31. The van der Waals surface area contributed by atoms with Gasteiger partial charge in [0.1, 0.15) is 0 Å². The van der Waals surface area contributed by atoms with Crippen LogP contribution in [0.1, 0.15) is 6.92 Å². The molecule has 0 fully saturated rings. The summed E-state index contributed by atoms with van der Waals surface area (Å²) >= 11 is 0. The minimum atomic E-state index is -0.864. The lowest BCUT2D eigenvalue weighted by Gasteiger charge is -2.11. The van der Waals surface area contributed by atoms with Crippen molar-refractivity contribution in [3.05, 3.63) is 30.3 Å². The average molecular weight is 254 g/mol. The van der Waals surface area contributed by atoms with Crippen LogP contribution in [0.5, 0.6) is 0 Å². The molecule has 0 aliphatic carbocycles. The largest absolute Gasteiger partial charge is 0.325 e. The van der Waals surface area contributed by atoms with E-state index in [-0.39, 0.29) is 6.04 Å². The number of hydrogen-bond acceptors (Lipinski definition) is 3. The van der Waals surface area contributed by atoms with Crippen LogP contribution in [0, 0.1) is 0 Å². The molecule has 0 saturated heterocycles. The highest BCUT2D eigenvalue weighted by Crippen LogP contribution is 2.04. The maximum absolute atomic E-state index is 11.1. The molecule has 0 amide bonds. The van der Waals surface area contributed by atoms with Crippen molar-refractivity contribution in [3.8, 4) is 0 Å². The molecule has 6 heteroatoms. The number of anilines is 1. The van der Waals surface area contributed by atoms with Crippen LogP contribution >= 0.6 is 0 Å². The van der Waals surface area contributed by atoms with Gasteiger partial charge >= 0.3 is 0 Å². The Bertz CT molecular complexity index is 394. The number of nitrogens with two attached hydrogens (primary N) is 1. The van der Waals surface area contributed by atoms with Crippen molar-refractivity contribution in [1.29, 1.82) is 0 Å². The summed E-state index contributed by atoms with van der Waals surface area (Å²) in [5, 5.41) is 3.05. The van der Waals surface area contributed by atoms with E-state index in [1.807, 2.05) is 37.3 Å². The predicted octanol–water partition coefficient (Wildman–Crippen LogP) is 0.685. The van der Waals surface area contributed by atoms with Gasteiger partial charge in [-0.05, 0) is 19.1 Å². The van der Waals surface area contributed by atoms with Crippen molar-refractivity contribution < 1.29 is 4.21 Å². The minimum absolute atomic E-state index is 0.0527. The molecule has 1 rings (SSSR count). The fourth-order valence-corrected chi connectivity index (χ4v) is 2.12. The molecule has 0 aromatic heterocycles. The van der Waals surface area contributed by atoms with Gasteiger partial charge < -0.3 is 5.32 Å². The Morgan fingerprint density at radius 3 is 2.65 bits per heavy atom. The lowest BCUT2D eigenvalue weighted by atomic mass is 10.3. The van der Waals surface area contributed by atoms with Crippen molar-refractivity contribution in [2.75, 3.05) is 17.3 Å². The third kappa shape index (κ3) is 5.46. The monoisotopic (exact) mass is 254 g/mol. The van der Waals surface area contributed by atoms with E-state index in [9.17, 15) is 4.21 Å². The Morgan fingerprint density at radius 2 is 2.12 bits per heavy atom. The number of rotatable bonds is 4. The van der Waals surface area contributed by atoms with E-state index in [0.717, 1.165) is 5.69 Å². The van der Waals surface area contributed by atoms with Gasteiger partial charge in [0.25, 0.3) is 0 Å². The molecule has 0 spiro atoms. The van der Waals surface area contributed by atoms with E-state index < -0.39 is 10.8 Å². The van der Waals surface area contributed by atoms with Crippen LogP contribution in [0.25, 0.3) is 0 Å². The number of guanidine groups is 1. The summed E-state index contributed by atoms with van der Waals surface area (Å²) in [5.74, 6) is 6.36. The van der Waals surface area contributed by atoms with Gasteiger partial charge in [-0.25, -0.2) is 10.8 Å². The van der Waals surface area contributed by atoms with Crippen LogP contribution in [0.3, 0.4) is 0 Å². The van der Waals surface area contributed by atoms with Crippen molar-refractivity contribution in [1.82, 2.24) is 5.43 Å². The van der Waals surface area contributed by atoms with Crippen LogP contribution in [0.2, 0.25) is 0 Å². The van der Waals surface area contributed by atoms with Crippen molar-refractivity contribution in [2.45, 2.75) is 13.0 Å². The third-order valence-electron chi connectivity index (χ3n) is 2.00. The number of benzene rings is 1. The Morgan fingerprint density at radius 1 is 1.47 bits per heavy atom. The first-order valence-corrected chi connectivity index (χ1v) is 7.01. The number of para-hydroxylation sites is 1. The second kappa shape index (κ2) is 7.03. The molecule has 0 bridgehead atoms. The summed E-state index contributed by atoms with van der Waals surface area (Å²) in [5.41, 5.74) is 3.39. The second-order valence-electron chi connectivity index (χ2n) is 3.70. The predicted molar refractivity (Wildman–Crippen MR) is 73.2 cm³/mol. The van der Waals surface area contributed by atoms with Gasteiger partial charge in [0.05, 0.1) is 6.04 Å². The number of nitrogens with zero attached hydrogens (tertiary/aromatic N) is 1. The molecule has 0 aliphatic heterocycles. The van der Waals surface area contributed by atoms with Gasteiger partial charge in [0.15, 0.2) is 0 Å². The highest BCUT2D eigenvalue weighted by molar-refractivity contribution is 7.84. The van der Waals surface area contributed by atoms with E-state index in [1.165, 1.54) is 0 Å². The van der Waals surface area contributed by atoms with Crippen molar-refractivity contribution >= 4 is 22.4 Å². The Kier molecular flexibility index (Phi) is 5.65. The highest BCUT2D eigenvalue weighted by atomic mass is 32.2. The normalized spacial score (nSPS) is 15.1. The van der Waals surface area contributed by atoms with Crippen LogP contribution in [0.15, 0.2) is 35.3 Å². The molecule has 1 aromatic carbocycles. The molecular formula is C11H18N4OS. The maximum Gasteiger partial charge on any atom is 0.210 e. The fraction of sp³-hybridized carbons (Fsp3) is 0.364. The standard InChI is InChI=1S/C11H18N4OS/c1-9(8-17(2)16)13-11(15-12)14-10-6-4-3-5-7-10/h3-7,9H,8,12H2,1-2H3,(H2,13,14,15). The molecule has 0 aliphatic rings. The van der Waals surface area contributed by atoms with E-state index in [4.69, 9.17) is 5.84 Å². The van der Waals surface area contributed by atoms with Gasteiger partial charge in [0, 0.05) is 28.5 Å². The topological polar surface area (TPSA) is 79.5 Å². The maximum atomic E-state index is 11.1. The SMILES string of the molecule is CC(CS(C)=O)N=C(NN)Nc1ccccc1. The van der Waals surface area contributed by atoms with Crippen molar-refractivity contribution in [3.63, 3.8) is 0 Å². The Hall–Kier alpha value is -1.40. The first kappa shape index (κ1) is 13.7. The summed E-state index contributed by atoms with van der Waals surface area (Å²) < 4.78 is 11.1. The molecule has 0 radical (unpaired) electrons. The molecule has 0 heterocycles. The second-order valence-corrected chi connectivity index (χ2v) is 5.18. The first-order chi connectivity index (χ1) is 8.11. The number of hydrogen-bond donors (Lipinski definition) is 3. The van der Waals surface area contributed by atoms with Crippen molar-refractivity contribution in [2.24, 2.45) is 10.8 Å². The molecule has 4 N–H and O–H groups in total. The van der Waals surface area contributed by atoms with Gasteiger partial charge in [-0.1, -0.05) is 18.2 Å². The molecule has 94 valence electrons. The van der Waals surface area contributed by atoms with Gasteiger partial charge in [-0.15, -0.1) is 0 Å². The quantitative estimate of drug-likeness (QED) is 0.319. The van der Waals surface area contributed by atoms with Gasteiger partial charge in [0.2, 0.25) is 5.96 Å². The summed E-state index contributed by atoms with van der Waals surface area (Å²) in [6.45, 7) is 1.89. The zero-order chi connectivity index (χ0) is 12.7. The van der Waals surface area contributed by atoms with Crippen LogP contribution < -0.4 is 16.6 Å². The Labute approximate surface area is 104 Å². The zero-order valence-electron chi connectivity index (χ0n) is 10.0. The van der Waals surface area contributed by atoms with Crippen LogP contribution in [-0.2, 0) is 10.8 Å². The van der Waals surface area contributed by atoms with E-state index in [0.29, 0.717) is 11.7 Å². The van der Waals surface area contributed by atoms with Gasteiger partial charge in [-0.2, -0.15) is 0 Å². The molecule has 5 nitrogen and oxygen atoms in total. The smallest absolute Gasteiger partial charge is 0.210 e. The minimum Gasteiger partial charge on any atom is -0.325 e. The lowest BCUT2D eigenvalue weighted by Crippen LogP contribution is -2.37. The molecular weight excluding hydrogens is 236 g/mol. The fourth-order valence-electron chi connectivity index (χ4n) is 1.36. The van der Waals surface area contributed by atoms with Crippen LogP contribution in [-0.4, -0.2) is 28.2 Å². The van der Waals surface area contributed by atoms with Crippen LogP contribution in [0.4, 0.5) is 5.69 Å². The number of hydrazine groups is 1. The summed E-state index contributed by atoms with van der Waals surface area (Å²) in [6, 6.07) is 9.54. The zero-order valence-corrected chi connectivity index (χ0v) is 10.8. The van der Waals surface area contributed by atoms with E-state index >= 15 is 0 Å². The third-order valence-corrected chi connectivity index (χ3v) is 2.95. The number of nitrogens with one attached hydrogen (secondary N) is 2. The molecule has 2 unspecified atom stereocenters. The average Bonchev–Trinajstić information content (AvgIpc) is 2.28. The lowest BCUT2D eigenvalue weighted by molar-refractivity contribution is 0.680. The highest BCUT2D eigenvalue weighted by Gasteiger charge is 2.04. The van der Waals surface area contributed by atoms with Gasteiger partial charge in [-0.3, -0.25) is 9.63 Å². The molecule has 2 atom stereocenters. The molecule has 17 heavy (non-hydrogen) atoms. The van der Waals surface area contributed by atoms with E-state index in [2.05, 4.69) is 15.7 Å².